The largest absolute Gasteiger partial charge is 0.497 e. The fourth-order valence-corrected chi connectivity index (χ4v) is 3.44. The molecule has 26 heavy (non-hydrogen) atoms. The molecule has 1 aliphatic heterocycles. The number of aromatic amines is 1. The molecule has 0 radical (unpaired) electrons. The van der Waals surface area contributed by atoms with Crippen LogP contribution in [-0.4, -0.2) is 45.6 Å². The van der Waals surface area contributed by atoms with Gasteiger partial charge in [-0.2, -0.15) is 0 Å². The Bertz CT molecular complexity index is 878. The average molecular weight is 351 g/mol. The Morgan fingerprint density at radius 1 is 1.15 bits per heavy atom. The molecule has 3 heterocycles. The average Bonchev–Trinajstić information content (AvgIpc) is 3.17. The highest BCUT2D eigenvalue weighted by Crippen LogP contribution is 2.35. The van der Waals surface area contributed by atoms with Crippen LogP contribution in [0.25, 0.3) is 0 Å². The first kappa shape index (κ1) is 16.5. The van der Waals surface area contributed by atoms with E-state index in [0.29, 0.717) is 6.01 Å². The predicted molar refractivity (Wildman–Crippen MR) is 96.1 cm³/mol. The lowest BCUT2D eigenvalue weighted by molar-refractivity contribution is 0.199. The highest BCUT2D eigenvalue weighted by molar-refractivity contribution is 5.37. The molecule has 1 aliphatic rings. The van der Waals surface area contributed by atoms with Crippen LogP contribution in [0.3, 0.4) is 0 Å². The van der Waals surface area contributed by atoms with Crippen LogP contribution in [-0.2, 0) is 13.0 Å². The first-order chi connectivity index (χ1) is 12.8. The maximum absolute atomic E-state index is 5.41. The number of H-pyrrole nitrogens is 1. The Hall–Kier alpha value is -2.93. The van der Waals surface area contributed by atoms with Crippen molar-refractivity contribution in [1.82, 2.24) is 24.8 Å². The van der Waals surface area contributed by atoms with E-state index in [2.05, 4.69) is 37.0 Å². The topological polar surface area (TPSA) is 76.2 Å². The standard InChI is InChI=1S/C19H21N5O2/c1-25-15-5-3-4-14(8-15)18-17-16(22-12-23-17)6-7-24(18)11-13-9-20-19(26-2)21-10-13/h3-5,8-10,12,18H,6-7,11H2,1-2H3,(H,22,23). The summed E-state index contributed by atoms with van der Waals surface area (Å²) in [6, 6.07) is 8.61. The molecule has 1 N–H and O–H groups in total. The number of nitrogens with one attached hydrogen (secondary N) is 1. The van der Waals surface area contributed by atoms with Gasteiger partial charge in [0.1, 0.15) is 5.75 Å². The first-order valence-electron chi connectivity index (χ1n) is 8.53. The van der Waals surface area contributed by atoms with Gasteiger partial charge in [0.05, 0.1) is 32.3 Å². The maximum atomic E-state index is 5.41. The van der Waals surface area contributed by atoms with Crippen molar-refractivity contribution in [3.8, 4) is 11.8 Å². The molecule has 1 atom stereocenters. The van der Waals surface area contributed by atoms with Gasteiger partial charge < -0.3 is 14.5 Å². The fourth-order valence-electron chi connectivity index (χ4n) is 3.44. The monoisotopic (exact) mass is 351 g/mol. The summed E-state index contributed by atoms with van der Waals surface area (Å²) in [5.74, 6) is 0.845. The van der Waals surface area contributed by atoms with E-state index in [0.717, 1.165) is 42.1 Å². The van der Waals surface area contributed by atoms with E-state index in [9.17, 15) is 0 Å². The molecule has 134 valence electrons. The third-order valence-corrected chi connectivity index (χ3v) is 4.68. The highest BCUT2D eigenvalue weighted by atomic mass is 16.5. The lowest BCUT2D eigenvalue weighted by Gasteiger charge is -2.35. The Morgan fingerprint density at radius 2 is 2.00 bits per heavy atom. The van der Waals surface area contributed by atoms with Crippen LogP contribution >= 0.6 is 0 Å². The van der Waals surface area contributed by atoms with Crippen LogP contribution in [0.15, 0.2) is 43.0 Å². The van der Waals surface area contributed by atoms with Crippen LogP contribution in [0.2, 0.25) is 0 Å². The third kappa shape index (κ3) is 3.13. The van der Waals surface area contributed by atoms with Crippen molar-refractivity contribution in [3.63, 3.8) is 0 Å². The van der Waals surface area contributed by atoms with E-state index in [4.69, 9.17) is 9.47 Å². The van der Waals surface area contributed by atoms with Crippen molar-refractivity contribution in [2.75, 3.05) is 20.8 Å². The van der Waals surface area contributed by atoms with Crippen molar-refractivity contribution in [2.45, 2.75) is 19.0 Å². The number of nitrogens with zero attached hydrogens (tertiary/aromatic N) is 4. The Labute approximate surface area is 152 Å². The second kappa shape index (κ2) is 7.13. The smallest absolute Gasteiger partial charge is 0.316 e. The minimum atomic E-state index is 0.0576. The molecule has 0 fully saturated rings. The SMILES string of the molecule is COc1cccc(C2c3nc[nH]c3CCN2Cc2cnc(OC)nc2)c1. The molecule has 3 aromatic rings. The van der Waals surface area contributed by atoms with E-state index < -0.39 is 0 Å². The molecule has 0 aliphatic carbocycles. The van der Waals surface area contributed by atoms with Crippen LogP contribution in [0.4, 0.5) is 0 Å². The summed E-state index contributed by atoms with van der Waals surface area (Å²) in [7, 11) is 3.25. The van der Waals surface area contributed by atoms with Gasteiger partial charge in [0.15, 0.2) is 0 Å². The first-order valence-corrected chi connectivity index (χ1v) is 8.53. The van der Waals surface area contributed by atoms with Gasteiger partial charge in [0, 0.05) is 43.2 Å². The van der Waals surface area contributed by atoms with Crippen molar-refractivity contribution < 1.29 is 9.47 Å². The van der Waals surface area contributed by atoms with Gasteiger partial charge in [-0.15, -0.1) is 0 Å². The summed E-state index contributed by atoms with van der Waals surface area (Å²) in [6.07, 6.45) is 6.34. The lowest BCUT2D eigenvalue weighted by Crippen LogP contribution is -2.35. The summed E-state index contributed by atoms with van der Waals surface area (Å²) in [4.78, 5) is 18.7. The fraction of sp³-hybridized carbons (Fsp3) is 0.316. The van der Waals surface area contributed by atoms with Gasteiger partial charge in [-0.05, 0) is 17.7 Å². The zero-order valence-corrected chi connectivity index (χ0v) is 14.8. The Morgan fingerprint density at radius 3 is 2.77 bits per heavy atom. The van der Waals surface area contributed by atoms with Crippen molar-refractivity contribution >= 4 is 0 Å². The van der Waals surface area contributed by atoms with Crippen molar-refractivity contribution in [2.24, 2.45) is 0 Å². The molecule has 7 nitrogen and oxygen atoms in total. The molecule has 4 rings (SSSR count). The van der Waals surface area contributed by atoms with Crippen molar-refractivity contribution in [1.29, 1.82) is 0 Å². The maximum Gasteiger partial charge on any atom is 0.316 e. The normalized spacial score (nSPS) is 16.9. The van der Waals surface area contributed by atoms with E-state index in [1.54, 1.807) is 20.5 Å². The van der Waals surface area contributed by atoms with Crippen LogP contribution in [0.5, 0.6) is 11.8 Å². The summed E-state index contributed by atoms with van der Waals surface area (Å²) in [5, 5.41) is 0. The summed E-state index contributed by atoms with van der Waals surface area (Å²) in [5.41, 5.74) is 4.46. The van der Waals surface area contributed by atoms with Gasteiger partial charge >= 0.3 is 6.01 Å². The van der Waals surface area contributed by atoms with Gasteiger partial charge in [-0.1, -0.05) is 12.1 Å². The summed E-state index contributed by atoms with van der Waals surface area (Å²) in [6.45, 7) is 1.65. The Kier molecular flexibility index (Phi) is 4.53. The minimum absolute atomic E-state index is 0.0576. The van der Waals surface area contributed by atoms with E-state index in [1.807, 2.05) is 24.5 Å². The van der Waals surface area contributed by atoms with E-state index in [1.165, 1.54) is 5.69 Å². The molecule has 2 aromatic heterocycles. The zero-order chi connectivity index (χ0) is 17.9. The second-order valence-electron chi connectivity index (χ2n) is 6.24. The number of fused-ring (bicyclic) bond motifs is 1. The molecule has 0 saturated carbocycles. The number of hydrogen-bond acceptors (Lipinski definition) is 6. The van der Waals surface area contributed by atoms with Crippen LogP contribution in [0, 0.1) is 0 Å². The molecule has 0 saturated heterocycles. The van der Waals surface area contributed by atoms with Crippen molar-refractivity contribution in [3.05, 3.63) is 65.5 Å². The molecular weight excluding hydrogens is 330 g/mol. The van der Waals surface area contributed by atoms with Gasteiger partial charge in [0.25, 0.3) is 0 Å². The Balaban J connectivity index is 1.67. The van der Waals surface area contributed by atoms with E-state index >= 15 is 0 Å². The molecule has 0 amide bonds. The number of aromatic nitrogens is 4. The zero-order valence-electron chi connectivity index (χ0n) is 14.8. The lowest BCUT2D eigenvalue weighted by atomic mass is 9.95. The number of imidazole rings is 1. The van der Waals surface area contributed by atoms with Crippen LogP contribution in [0.1, 0.15) is 28.6 Å². The number of ether oxygens (including phenoxy) is 2. The van der Waals surface area contributed by atoms with Crippen LogP contribution < -0.4 is 9.47 Å². The molecule has 7 heteroatoms. The molecule has 0 spiro atoms. The number of methoxy groups -OCH3 is 2. The van der Waals surface area contributed by atoms with Gasteiger partial charge in [-0.3, -0.25) is 4.90 Å². The quantitative estimate of drug-likeness (QED) is 0.760. The summed E-state index contributed by atoms with van der Waals surface area (Å²) < 4.78 is 10.5. The number of benzene rings is 1. The minimum Gasteiger partial charge on any atom is -0.497 e. The highest BCUT2D eigenvalue weighted by Gasteiger charge is 2.31. The second-order valence-corrected chi connectivity index (χ2v) is 6.24. The summed E-state index contributed by atoms with van der Waals surface area (Å²) >= 11 is 0. The molecule has 1 unspecified atom stereocenters. The van der Waals surface area contributed by atoms with Gasteiger partial charge in [-0.25, -0.2) is 15.0 Å². The molecular formula is C19H21N5O2. The van der Waals surface area contributed by atoms with Gasteiger partial charge in [0.2, 0.25) is 0 Å². The third-order valence-electron chi connectivity index (χ3n) is 4.68. The predicted octanol–water partition coefficient (Wildman–Crippen LogP) is 2.36. The number of hydrogen-bond donors (Lipinski definition) is 1. The molecule has 0 bridgehead atoms. The number of rotatable bonds is 5. The van der Waals surface area contributed by atoms with E-state index in [-0.39, 0.29) is 6.04 Å². The molecule has 1 aromatic carbocycles.